The van der Waals surface area contributed by atoms with Crippen LogP contribution in [0, 0.1) is 0 Å². The summed E-state index contributed by atoms with van der Waals surface area (Å²) in [5, 5.41) is 2.78. The number of halogens is 1. The van der Waals surface area contributed by atoms with Crippen LogP contribution in [0.15, 0.2) is 53.0 Å². The fourth-order valence-electron chi connectivity index (χ4n) is 2.55. The number of nitrogens with zero attached hydrogens (tertiary/aromatic N) is 1. The molecule has 0 saturated carbocycles. The van der Waals surface area contributed by atoms with Gasteiger partial charge in [-0.1, -0.05) is 22.0 Å². The molecule has 1 aliphatic rings. The molecule has 0 atom stereocenters. The quantitative estimate of drug-likeness (QED) is 0.850. The van der Waals surface area contributed by atoms with Crippen molar-refractivity contribution < 1.29 is 14.3 Å². The summed E-state index contributed by atoms with van der Waals surface area (Å²) in [7, 11) is 0. The second-order valence-electron chi connectivity index (χ2n) is 5.49. The lowest BCUT2D eigenvalue weighted by Gasteiger charge is -2.16. The molecule has 0 spiro atoms. The molecule has 1 fully saturated rings. The van der Waals surface area contributed by atoms with Gasteiger partial charge in [0.2, 0.25) is 5.91 Å². The van der Waals surface area contributed by atoms with Crippen LogP contribution in [0.5, 0.6) is 5.75 Å². The molecule has 2 aromatic rings. The minimum atomic E-state index is -0.236. The average molecular weight is 389 g/mol. The predicted octanol–water partition coefficient (Wildman–Crippen LogP) is 3.59. The van der Waals surface area contributed by atoms with E-state index in [0.29, 0.717) is 17.9 Å². The van der Waals surface area contributed by atoms with E-state index in [-0.39, 0.29) is 18.4 Å². The molecule has 1 saturated heterocycles. The highest BCUT2D eigenvalue weighted by Crippen LogP contribution is 2.23. The fraction of sp³-hybridized carbons (Fsp3) is 0.222. The van der Waals surface area contributed by atoms with Gasteiger partial charge < -0.3 is 15.0 Å². The van der Waals surface area contributed by atoms with Crippen LogP contribution in [0.2, 0.25) is 0 Å². The van der Waals surface area contributed by atoms with Gasteiger partial charge in [0.15, 0.2) is 6.61 Å². The molecule has 0 bridgehead atoms. The van der Waals surface area contributed by atoms with Gasteiger partial charge in [0.25, 0.3) is 5.91 Å². The lowest BCUT2D eigenvalue weighted by molar-refractivity contribution is -0.118. The van der Waals surface area contributed by atoms with Crippen molar-refractivity contribution in [2.75, 3.05) is 23.4 Å². The van der Waals surface area contributed by atoms with Crippen LogP contribution >= 0.6 is 15.9 Å². The number of ether oxygens (including phenoxy) is 1. The van der Waals surface area contributed by atoms with E-state index in [0.717, 1.165) is 23.1 Å². The van der Waals surface area contributed by atoms with Crippen LogP contribution in [0.25, 0.3) is 0 Å². The molecule has 0 aromatic heterocycles. The Morgan fingerprint density at radius 3 is 2.67 bits per heavy atom. The van der Waals surface area contributed by atoms with E-state index < -0.39 is 0 Å². The van der Waals surface area contributed by atoms with E-state index in [9.17, 15) is 9.59 Å². The molecule has 1 aliphatic heterocycles. The van der Waals surface area contributed by atoms with E-state index in [1.807, 2.05) is 24.3 Å². The molecule has 0 radical (unpaired) electrons. The third-order valence-electron chi connectivity index (χ3n) is 3.70. The Morgan fingerprint density at radius 1 is 1.21 bits per heavy atom. The van der Waals surface area contributed by atoms with Crippen LogP contribution < -0.4 is 15.0 Å². The summed E-state index contributed by atoms with van der Waals surface area (Å²) in [5.41, 5.74) is 1.54. The van der Waals surface area contributed by atoms with Crippen molar-refractivity contribution in [2.45, 2.75) is 12.8 Å². The van der Waals surface area contributed by atoms with E-state index in [1.165, 1.54) is 0 Å². The van der Waals surface area contributed by atoms with Crippen LogP contribution in [0.4, 0.5) is 11.4 Å². The van der Waals surface area contributed by atoms with Crippen molar-refractivity contribution in [3.8, 4) is 5.75 Å². The van der Waals surface area contributed by atoms with Gasteiger partial charge >= 0.3 is 0 Å². The number of carbonyl (C=O) groups is 2. The zero-order valence-corrected chi connectivity index (χ0v) is 14.6. The first-order valence-electron chi connectivity index (χ1n) is 7.70. The number of carbonyl (C=O) groups excluding carboxylic acids is 2. The van der Waals surface area contributed by atoms with E-state index in [1.54, 1.807) is 29.2 Å². The summed E-state index contributed by atoms with van der Waals surface area (Å²) in [5.74, 6) is 0.539. The Balaban J connectivity index is 1.53. The summed E-state index contributed by atoms with van der Waals surface area (Å²) in [6, 6.07) is 14.6. The first-order valence-corrected chi connectivity index (χ1v) is 8.50. The highest BCUT2D eigenvalue weighted by molar-refractivity contribution is 9.10. The largest absolute Gasteiger partial charge is 0.484 e. The molecular weight excluding hydrogens is 372 g/mol. The van der Waals surface area contributed by atoms with Crippen molar-refractivity contribution in [3.05, 3.63) is 53.0 Å². The summed E-state index contributed by atoms with van der Waals surface area (Å²) in [6.07, 6.45) is 1.50. The summed E-state index contributed by atoms with van der Waals surface area (Å²) >= 11 is 3.35. The molecule has 24 heavy (non-hydrogen) atoms. The van der Waals surface area contributed by atoms with Crippen molar-refractivity contribution in [2.24, 2.45) is 0 Å². The van der Waals surface area contributed by atoms with Crippen molar-refractivity contribution >= 4 is 39.1 Å². The van der Waals surface area contributed by atoms with Crippen molar-refractivity contribution in [3.63, 3.8) is 0 Å². The van der Waals surface area contributed by atoms with E-state index >= 15 is 0 Å². The summed E-state index contributed by atoms with van der Waals surface area (Å²) in [6.45, 7) is 0.688. The van der Waals surface area contributed by atoms with Crippen LogP contribution in [0.3, 0.4) is 0 Å². The molecule has 3 rings (SSSR count). The minimum Gasteiger partial charge on any atom is -0.484 e. The molecular formula is C18H17BrN2O3. The smallest absolute Gasteiger partial charge is 0.262 e. The minimum absolute atomic E-state index is 0.0667. The monoisotopic (exact) mass is 388 g/mol. The Morgan fingerprint density at radius 2 is 2.00 bits per heavy atom. The number of hydrogen-bond donors (Lipinski definition) is 1. The number of benzene rings is 2. The Labute approximate surface area is 148 Å². The molecule has 5 nitrogen and oxygen atoms in total. The van der Waals surface area contributed by atoms with Crippen LogP contribution in [-0.2, 0) is 9.59 Å². The molecule has 124 valence electrons. The zero-order valence-electron chi connectivity index (χ0n) is 13.0. The topological polar surface area (TPSA) is 58.6 Å². The second kappa shape index (κ2) is 7.49. The number of amides is 2. The van der Waals surface area contributed by atoms with Gasteiger partial charge in [-0.3, -0.25) is 9.59 Å². The predicted molar refractivity (Wildman–Crippen MR) is 96.3 cm³/mol. The fourth-order valence-corrected chi connectivity index (χ4v) is 2.93. The van der Waals surface area contributed by atoms with Gasteiger partial charge in [-0.05, 0) is 48.9 Å². The Kier molecular flexibility index (Phi) is 5.15. The summed E-state index contributed by atoms with van der Waals surface area (Å²) < 4.78 is 6.34. The second-order valence-corrected chi connectivity index (χ2v) is 6.41. The Hall–Kier alpha value is -2.34. The highest BCUT2D eigenvalue weighted by Gasteiger charge is 2.21. The van der Waals surface area contributed by atoms with E-state index in [2.05, 4.69) is 21.2 Å². The summed E-state index contributed by atoms with van der Waals surface area (Å²) in [4.78, 5) is 25.4. The standard InChI is InChI=1S/C18H17BrN2O3/c19-13-3-1-4-16(11-13)24-12-17(22)20-14-6-8-15(9-7-14)21-10-2-5-18(21)23/h1,3-4,6-9,11H,2,5,10,12H2,(H,20,22). The lowest BCUT2D eigenvalue weighted by atomic mass is 10.2. The number of nitrogens with one attached hydrogen (secondary N) is 1. The van der Waals surface area contributed by atoms with Crippen LogP contribution in [-0.4, -0.2) is 25.0 Å². The van der Waals surface area contributed by atoms with Gasteiger partial charge in [0.1, 0.15) is 5.75 Å². The third-order valence-corrected chi connectivity index (χ3v) is 4.20. The van der Waals surface area contributed by atoms with Gasteiger partial charge in [-0.2, -0.15) is 0 Å². The maximum atomic E-state index is 12.0. The molecule has 1 N–H and O–H groups in total. The van der Waals surface area contributed by atoms with Crippen LogP contribution in [0.1, 0.15) is 12.8 Å². The molecule has 2 amide bonds. The van der Waals surface area contributed by atoms with Crippen molar-refractivity contribution in [1.29, 1.82) is 0 Å². The molecule has 6 heteroatoms. The maximum absolute atomic E-state index is 12.0. The highest BCUT2D eigenvalue weighted by atomic mass is 79.9. The number of anilines is 2. The SMILES string of the molecule is O=C(COc1cccc(Br)c1)Nc1ccc(N2CCCC2=O)cc1. The molecule has 0 unspecified atom stereocenters. The Bertz CT molecular complexity index is 746. The van der Waals surface area contributed by atoms with Crippen molar-refractivity contribution in [1.82, 2.24) is 0 Å². The normalized spacial score (nSPS) is 13.9. The zero-order chi connectivity index (χ0) is 16.9. The molecule has 2 aromatic carbocycles. The first kappa shape index (κ1) is 16.5. The number of hydrogen-bond acceptors (Lipinski definition) is 3. The van der Waals surface area contributed by atoms with Gasteiger partial charge in [-0.25, -0.2) is 0 Å². The molecule has 0 aliphatic carbocycles. The first-order chi connectivity index (χ1) is 11.6. The van der Waals surface area contributed by atoms with Gasteiger partial charge in [0, 0.05) is 28.8 Å². The van der Waals surface area contributed by atoms with Gasteiger partial charge in [-0.15, -0.1) is 0 Å². The maximum Gasteiger partial charge on any atom is 0.262 e. The third kappa shape index (κ3) is 4.14. The van der Waals surface area contributed by atoms with E-state index in [4.69, 9.17) is 4.74 Å². The number of rotatable bonds is 5. The average Bonchev–Trinajstić information content (AvgIpc) is 3.00. The molecule has 1 heterocycles. The van der Waals surface area contributed by atoms with Gasteiger partial charge in [0.05, 0.1) is 0 Å². The lowest BCUT2D eigenvalue weighted by Crippen LogP contribution is -2.23.